The molecule has 10 nitrogen and oxygen atoms in total. The van der Waals surface area contributed by atoms with Gasteiger partial charge in [-0.25, -0.2) is 13.2 Å². The van der Waals surface area contributed by atoms with Crippen molar-refractivity contribution in [3.63, 3.8) is 0 Å². The number of carbonyl (C=O) groups is 1. The second-order valence-electron chi connectivity index (χ2n) is 10.7. The topological polar surface area (TPSA) is 100 Å². The van der Waals surface area contributed by atoms with Gasteiger partial charge in [0.15, 0.2) is 5.82 Å². The molecular weight excluding hydrogens is 537 g/mol. The molecule has 3 aliphatic rings. The molecule has 0 radical (unpaired) electrons. The third-order valence-electron chi connectivity index (χ3n) is 7.85. The molecule has 1 aromatic carbocycles. The van der Waals surface area contributed by atoms with E-state index in [2.05, 4.69) is 14.7 Å². The van der Waals surface area contributed by atoms with E-state index in [1.165, 1.54) is 24.4 Å². The maximum absolute atomic E-state index is 13.5. The number of amides is 1. The van der Waals surface area contributed by atoms with Crippen molar-refractivity contribution in [3.8, 4) is 0 Å². The molecule has 0 atom stereocenters. The molecule has 1 spiro atoms. The Kier molecular flexibility index (Phi) is 7.55. The van der Waals surface area contributed by atoms with Crippen LogP contribution >= 0.6 is 0 Å². The Morgan fingerprint density at radius 1 is 1.08 bits per heavy atom. The Bertz CT molecular complexity index is 1300. The maximum atomic E-state index is 13.5. The smallest absolute Gasteiger partial charge is 0.378 e. The summed E-state index contributed by atoms with van der Waals surface area (Å²) in [5.74, 6) is 0.0884. The number of rotatable bonds is 5. The van der Waals surface area contributed by atoms with Crippen LogP contribution in [0.4, 0.5) is 29.5 Å². The van der Waals surface area contributed by atoms with Gasteiger partial charge < -0.3 is 14.5 Å². The van der Waals surface area contributed by atoms with Crippen LogP contribution in [0.1, 0.15) is 30.4 Å². The number of sulfonamides is 1. The Hall–Kier alpha value is -2.84. The first-order valence-corrected chi connectivity index (χ1v) is 14.9. The molecule has 5 rings (SSSR count). The van der Waals surface area contributed by atoms with Crippen molar-refractivity contribution in [2.24, 2.45) is 5.41 Å². The lowest BCUT2D eigenvalue weighted by Crippen LogP contribution is -2.45. The first-order chi connectivity index (χ1) is 18.4. The van der Waals surface area contributed by atoms with Gasteiger partial charge in [-0.15, -0.1) is 5.10 Å². The predicted octanol–water partition coefficient (Wildman–Crippen LogP) is 3.07. The summed E-state index contributed by atoms with van der Waals surface area (Å²) in [7, 11) is -3.49. The van der Waals surface area contributed by atoms with Crippen LogP contribution in [0.2, 0.25) is 0 Å². The number of piperidine rings is 1. The first-order valence-electron chi connectivity index (χ1n) is 13.0. The van der Waals surface area contributed by atoms with Crippen molar-refractivity contribution in [1.29, 1.82) is 0 Å². The molecule has 3 saturated heterocycles. The highest BCUT2D eigenvalue weighted by atomic mass is 32.2. The molecule has 14 heteroatoms. The van der Waals surface area contributed by atoms with Crippen molar-refractivity contribution in [3.05, 3.63) is 41.6 Å². The van der Waals surface area contributed by atoms with Crippen LogP contribution in [0.3, 0.4) is 0 Å². The lowest BCUT2D eigenvalue weighted by Gasteiger charge is -2.39. The highest BCUT2D eigenvalue weighted by Gasteiger charge is 2.42. The highest BCUT2D eigenvalue weighted by Crippen LogP contribution is 2.42. The fourth-order valence-corrected chi connectivity index (χ4v) is 6.27. The summed E-state index contributed by atoms with van der Waals surface area (Å²) in [6, 6.07) is 5.17. The molecule has 3 aliphatic heterocycles. The third kappa shape index (κ3) is 6.49. The summed E-state index contributed by atoms with van der Waals surface area (Å²) in [6.45, 7) is 5.45. The molecule has 0 bridgehead atoms. The number of carbonyl (C=O) groups excluding carboxylic acids is 1. The lowest BCUT2D eigenvalue weighted by atomic mass is 9.78. The van der Waals surface area contributed by atoms with Gasteiger partial charge in [0.25, 0.3) is 0 Å². The van der Waals surface area contributed by atoms with Gasteiger partial charge in [-0.3, -0.25) is 9.62 Å². The van der Waals surface area contributed by atoms with Crippen LogP contribution in [-0.2, 0) is 27.5 Å². The number of morpholine rings is 1. The van der Waals surface area contributed by atoms with E-state index in [4.69, 9.17) is 4.74 Å². The number of nitrogens with one attached hydrogen (secondary N) is 1. The Labute approximate surface area is 225 Å². The van der Waals surface area contributed by atoms with Gasteiger partial charge in [0.1, 0.15) is 0 Å². The van der Waals surface area contributed by atoms with Crippen LogP contribution < -0.4 is 9.62 Å². The Morgan fingerprint density at radius 3 is 2.44 bits per heavy atom. The zero-order valence-corrected chi connectivity index (χ0v) is 22.6. The quantitative estimate of drug-likeness (QED) is 0.590. The average molecular weight is 571 g/mol. The van der Waals surface area contributed by atoms with E-state index in [9.17, 15) is 26.4 Å². The SMILES string of the molecule is CS(=O)(=O)Nc1ccn(C(=O)N2CCC3(CCN(Cc4ccc(C(F)(F)F)cc4N4CCOCC4)C3)CC2)n1. The van der Waals surface area contributed by atoms with Crippen molar-refractivity contribution in [2.45, 2.75) is 32.0 Å². The number of halogens is 3. The minimum atomic E-state index is -4.40. The summed E-state index contributed by atoms with van der Waals surface area (Å²) in [5, 5.41) is 4.03. The molecule has 0 saturated carbocycles. The number of anilines is 2. The maximum Gasteiger partial charge on any atom is 0.416 e. The zero-order chi connectivity index (χ0) is 27.8. The molecule has 1 amide bonds. The standard InChI is InChI=1S/C25H33F3N6O4S/c1-39(36,37)30-22-4-8-34(29-22)23(35)33-10-6-24(7-11-33)5-9-31(18-24)17-19-2-3-20(25(26,27)28)16-21(19)32-12-14-38-15-13-32/h2-4,8,16H,5-7,9-15,17-18H2,1H3,(H,29,30). The fraction of sp³-hybridized carbons (Fsp3) is 0.600. The molecule has 1 N–H and O–H groups in total. The monoisotopic (exact) mass is 570 g/mol. The number of hydrogen-bond acceptors (Lipinski definition) is 7. The second kappa shape index (κ2) is 10.6. The Morgan fingerprint density at radius 2 is 1.77 bits per heavy atom. The highest BCUT2D eigenvalue weighted by molar-refractivity contribution is 7.92. The van der Waals surface area contributed by atoms with Gasteiger partial charge in [-0.2, -0.15) is 17.9 Å². The molecule has 1 aromatic heterocycles. The van der Waals surface area contributed by atoms with E-state index in [0.29, 0.717) is 51.6 Å². The zero-order valence-electron chi connectivity index (χ0n) is 21.8. The number of likely N-dealkylation sites (tertiary alicyclic amines) is 2. The van der Waals surface area contributed by atoms with Crippen molar-refractivity contribution >= 4 is 27.6 Å². The van der Waals surface area contributed by atoms with Crippen molar-refractivity contribution in [2.75, 3.05) is 68.4 Å². The van der Waals surface area contributed by atoms with E-state index in [1.54, 1.807) is 11.0 Å². The number of aromatic nitrogens is 2. The van der Waals surface area contributed by atoms with E-state index in [1.807, 2.05) is 4.90 Å². The minimum Gasteiger partial charge on any atom is -0.378 e. The lowest BCUT2D eigenvalue weighted by molar-refractivity contribution is -0.137. The van der Waals surface area contributed by atoms with Crippen LogP contribution in [-0.4, -0.2) is 92.8 Å². The predicted molar refractivity (Wildman–Crippen MR) is 139 cm³/mol. The van der Waals surface area contributed by atoms with Gasteiger partial charge in [0.2, 0.25) is 10.0 Å². The van der Waals surface area contributed by atoms with Crippen molar-refractivity contribution in [1.82, 2.24) is 19.6 Å². The molecule has 2 aromatic rings. The molecule has 0 unspecified atom stereocenters. The second-order valence-corrected chi connectivity index (χ2v) is 12.4. The van der Waals surface area contributed by atoms with Gasteiger partial charge in [-0.05, 0) is 48.9 Å². The molecule has 0 aliphatic carbocycles. The number of ether oxygens (including phenoxy) is 1. The number of hydrogen-bond donors (Lipinski definition) is 1. The van der Waals surface area contributed by atoms with Crippen LogP contribution in [0.25, 0.3) is 0 Å². The molecule has 39 heavy (non-hydrogen) atoms. The van der Waals surface area contributed by atoms with Crippen LogP contribution in [0, 0.1) is 5.41 Å². The summed E-state index contributed by atoms with van der Waals surface area (Å²) >= 11 is 0. The average Bonchev–Trinajstić information content (AvgIpc) is 3.50. The summed E-state index contributed by atoms with van der Waals surface area (Å²) < 4.78 is 72.0. The van der Waals surface area contributed by atoms with E-state index in [0.717, 1.165) is 48.9 Å². The minimum absolute atomic E-state index is 0.0505. The van der Waals surface area contributed by atoms with Crippen LogP contribution in [0.15, 0.2) is 30.5 Å². The van der Waals surface area contributed by atoms with E-state index in [-0.39, 0.29) is 17.3 Å². The molecular formula is C25H33F3N6O4S. The van der Waals surface area contributed by atoms with Crippen LogP contribution in [0.5, 0.6) is 0 Å². The fourth-order valence-electron chi connectivity index (χ4n) is 5.78. The largest absolute Gasteiger partial charge is 0.416 e. The molecule has 3 fully saturated rings. The number of benzene rings is 1. The van der Waals surface area contributed by atoms with Gasteiger partial charge >= 0.3 is 12.2 Å². The Balaban J connectivity index is 1.21. The summed E-state index contributed by atoms with van der Waals surface area (Å²) in [5.41, 5.74) is 0.916. The van der Waals surface area contributed by atoms with Crippen molar-refractivity contribution < 1.29 is 31.1 Å². The summed E-state index contributed by atoms with van der Waals surface area (Å²) in [6.07, 6.45) is 0.650. The van der Waals surface area contributed by atoms with Gasteiger partial charge in [-0.1, -0.05) is 6.07 Å². The molecule has 4 heterocycles. The van der Waals surface area contributed by atoms with Gasteiger partial charge in [0, 0.05) is 57.2 Å². The number of nitrogens with zero attached hydrogens (tertiary/aromatic N) is 5. The summed E-state index contributed by atoms with van der Waals surface area (Å²) in [4.78, 5) is 18.9. The number of alkyl halides is 3. The van der Waals surface area contributed by atoms with Gasteiger partial charge in [0.05, 0.1) is 25.0 Å². The third-order valence-corrected chi connectivity index (χ3v) is 8.43. The van der Waals surface area contributed by atoms with E-state index < -0.39 is 21.8 Å². The molecule has 214 valence electrons. The van der Waals surface area contributed by atoms with E-state index >= 15 is 0 Å². The normalized spacial score (nSPS) is 20.5. The first kappa shape index (κ1) is 27.7.